The lowest BCUT2D eigenvalue weighted by Gasteiger charge is -2.40. The van der Waals surface area contributed by atoms with Crippen LogP contribution in [0.5, 0.6) is 0 Å². The molecule has 1 N–H and O–H groups in total. The molecule has 1 rings (SSSR count). The predicted molar refractivity (Wildman–Crippen MR) is 184 cm³/mol. The van der Waals surface area contributed by atoms with E-state index in [1.165, 1.54) is 26.4 Å². The van der Waals surface area contributed by atoms with Crippen LogP contribution >= 0.6 is 0 Å². The Kier molecular flexibility index (Phi) is 16.5. The molecule has 246 valence electrons. The van der Waals surface area contributed by atoms with Crippen LogP contribution in [0.3, 0.4) is 0 Å². The summed E-state index contributed by atoms with van der Waals surface area (Å²) in [5.74, 6) is 0.354. The largest absolute Gasteiger partial charge is 0.469 e. The number of hydrogen-bond donors (Lipinski definition) is 1. The molecule has 1 saturated carbocycles. The molecule has 0 amide bonds. The Morgan fingerprint density at radius 2 is 1.48 bits per heavy atom. The van der Waals surface area contributed by atoms with Crippen LogP contribution in [0.2, 0.25) is 36.3 Å². The fraction of sp³-hybridized carbons (Fsp3) is 0.857. The van der Waals surface area contributed by atoms with E-state index in [9.17, 15) is 9.90 Å². The summed E-state index contributed by atoms with van der Waals surface area (Å²) in [6.45, 7) is 25.6. The molecule has 0 aromatic carbocycles. The summed E-state index contributed by atoms with van der Waals surface area (Å²) in [7, 11) is -2.57. The molecule has 0 spiro atoms. The topological polar surface area (TPSA) is 65.0 Å². The third-order valence-corrected chi connectivity index (χ3v) is 19.1. The first-order chi connectivity index (χ1) is 19.4. The molecule has 0 aliphatic heterocycles. The lowest BCUT2D eigenvalue weighted by molar-refractivity contribution is -0.140. The van der Waals surface area contributed by atoms with Crippen molar-refractivity contribution in [3.8, 4) is 0 Å². The fourth-order valence-corrected chi connectivity index (χ4v) is 7.92. The van der Waals surface area contributed by atoms with Gasteiger partial charge in [-0.3, -0.25) is 4.79 Å². The van der Waals surface area contributed by atoms with Gasteiger partial charge in [0.25, 0.3) is 0 Å². The molecule has 5 nitrogen and oxygen atoms in total. The van der Waals surface area contributed by atoms with Gasteiger partial charge in [0.2, 0.25) is 0 Å². The molecule has 1 aliphatic carbocycles. The first-order valence-electron chi connectivity index (χ1n) is 16.8. The minimum Gasteiger partial charge on any atom is -0.469 e. The van der Waals surface area contributed by atoms with E-state index in [4.69, 9.17) is 13.6 Å². The van der Waals surface area contributed by atoms with Crippen molar-refractivity contribution in [2.45, 2.75) is 174 Å². The number of unbranched alkanes of at least 4 members (excludes halogenated alkanes) is 5. The van der Waals surface area contributed by atoms with Gasteiger partial charge in [-0.05, 0) is 80.7 Å². The van der Waals surface area contributed by atoms with E-state index < -0.39 is 22.7 Å². The van der Waals surface area contributed by atoms with Crippen LogP contribution in [0.4, 0.5) is 0 Å². The lowest BCUT2D eigenvalue weighted by atomic mass is 9.89. The highest BCUT2D eigenvalue weighted by Crippen LogP contribution is 2.47. The van der Waals surface area contributed by atoms with E-state index in [0.29, 0.717) is 18.8 Å². The Bertz CT molecular complexity index is 837. The number of ether oxygens (including phenoxy) is 1. The van der Waals surface area contributed by atoms with Gasteiger partial charge < -0.3 is 18.7 Å². The zero-order valence-electron chi connectivity index (χ0n) is 29.6. The molecule has 0 saturated heterocycles. The van der Waals surface area contributed by atoms with E-state index in [1.54, 1.807) is 0 Å². The number of carbonyl (C=O) groups excluding carboxylic acids is 1. The summed E-state index contributed by atoms with van der Waals surface area (Å²) >= 11 is 0. The molecule has 0 heterocycles. The van der Waals surface area contributed by atoms with E-state index in [0.717, 1.165) is 38.5 Å². The summed E-state index contributed by atoms with van der Waals surface area (Å²) in [5, 5.41) is 11.2. The second-order valence-electron chi connectivity index (χ2n) is 15.6. The van der Waals surface area contributed by atoms with Crippen molar-refractivity contribution in [2.75, 3.05) is 7.11 Å². The van der Waals surface area contributed by atoms with Gasteiger partial charge in [-0.2, -0.15) is 0 Å². The first-order valence-corrected chi connectivity index (χ1v) is 22.6. The van der Waals surface area contributed by atoms with Crippen LogP contribution in [-0.2, 0) is 18.4 Å². The maximum atomic E-state index is 11.4. The minimum absolute atomic E-state index is 0.0858. The van der Waals surface area contributed by atoms with Gasteiger partial charge in [0, 0.05) is 12.3 Å². The average Bonchev–Trinajstić information content (AvgIpc) is 3.17. The van der Waals surface area contributed by atoms with Crippen molar-refractivity contribution in [2.24, 2.45) is 11.8 Å². The Morgan fingerprint density at radius 3 is 2.02 bits per heavy atom. The number of rotatable bonds is 18. The monoisotopic (exact) mass is 624 g/mol. The first kappa shape index (κ1) is 39.3. The molecule has 7 heteroatoms. The molecule has 0 bridgehead atoms. The minimum atomic E-state index is -2.01. The summed E-state index contributed by atoms with van der Waals surface area (Å²) in [6.07, 6.45) is 19.3. The van der Waals surface area contributed by atoms with Gasteiger partial charge in [-0.15, -0.1) is 0 Å². The van der Waals surface area contributed by atoms with E-state index >= 15 is 0 Å². The number of hydrogen-bond acceptors (Lipinski definition) is 5. The van der Waals surface area contributed by atoms with Crippen molar-refractivity contribution in [1.29, 1.82) is 0 Å². The van der Waals surface area contributed by atoms with Crippen molar-refractivity contribution in [1.82, 2.24) is 0 Å². The zero-order chi connectivity index (χ0) is 32.2. The Morgan fingerprint density at radius 1 is 0.881 bits per heavy atom. The van der Waals surface area contributed by atoms with Crippen LogP contribution < -0.4 is 0 Å². The molecule has 0 aromatic rings. The molecular weight excluding hydrogens is 557 g/mol. The van der Waals surface area contributed by atoms with Crippen LogP contribution in [0, 0.1) is 11.8 Å². The standard InChI is InChI=1S/C35H68O5Si2/c1-13-14-15-16-17-20-23-29-30(26-25-28(36)22-19-18-21-24-33(37)38-8)32(40-42(11,12)35(5,6)7)27-31(29)39-41(9,10)34(2,3)4/h17,20,25-26,28-32,36H,13-16,18-19,21-24,27H2,1-12H3/b20-17-,26-25+/t28-,29-,30+,31-,32+/m0/s1. The van der Waals surface area contributed by atoms with Crippen LogP contribution in [0.25, 0.3) is 0 Å². The molecule has 5 atom stereocenters. The second kappa shape index (κ2) is 17.7. The summed E-state index contributed by atoms with van der Waals surface area (Å²) < 4.78 is 19.1. The normalized spacial score (nSPS) is 23.3. The maximum Gasteiger partial charge on any atom is 0.305 e. The van der Waals surface area contributed by atoms with Gasteiger partial charge in [0.1, 0.15) is 0 Å². The Labute approximate surface area is 262 Å². The second-order valence-corrected chi connectivity index (χ2v) is 25.2. The van der Waals surface area contributed by atoms with Gasteiger partial charge in [0.15, 0.2) is 16.6 Å². The van der Waals surface area contributed by atoms with E-state index in [1.807, 2.05) is 6.08 Å². The number of methoxy groups -OCH3 is 1. The molecule has 1 aliphatic rings. The smallest absolute Gasteiger partial charge is 0.305 e. The van der Waals surface area contributed by atoms with Gasteiger partial charge in [-0.1, -0.05) is 98.5 Å². The van der Waals surface area contributed by atoms with E-state index in [-0.39, 0.29) is 34.2 Å². The predicted octanol–water partition coefficient (Wildman–Crippen LogP) is 9.97. The summed E-state index contributed by atoms with van der Waals surface area (Å²) in [5.41, 5.74) is 0. The quantitative estimate of drug-likeness (QED) is 0.0711. The fourth-order valence-electron chi connectivity index (χ4n) is 5.17. The summed E-state index contributed by atoms with van der Waals surface area (Å²) in [6, 6.07) is 0. The SMILES string of the molecule is CCCCC/C=C\C[C@H]1[C@@H](/C=C/[C@@H](O)CCCCCC(=O)OC)[C@H](O[Si](C)(C)C(C)(C)C)C[C@@H]1O[Si](C)(C)C(C)(C)C. The van der Waals surface area contributed by atoms with Gasteiger partial charge >= 0.3 is 5.97 Å². The Hall–Kier alpha value is -0.736. The zero-order valence-corrected chi connectivity index (χ0v) is 31.6. The number of esters is 1. The van der Waals surface area contributed by atoms with Crippen molar-refractivity contribution < 1.29 is 23.5 Å². The molecule has 0 radical (unpaired) electrons. The van der Waals surface area contributed by atoms with E-state index in [2.05, 4.69) is 92.9 Å². The van der Waals surface area contributed by atoms with Crippen LogP contribution in [0.1, 0.15) is 119 Å². The molecule has 0 aromatic heterocycles. The van der Waals surface area contributed by atoms with Gasteiger partial charge in [0.05, 0.1) is 25.4 Å². The van der Waals surface area contributed by atoms with Crippen molar-refractivity contribution in [3.05, 3.63) is 24.3 Å². The number of allylic oxidation sites excluding steroid dienone is 2. The maximum absolute atomic E-state index is 11.4. The number of carbonyl (C=O) groups is 1. The number of aliphatic hydroxyl groups excluding tert-OH is 1. The van der Waals surface area contributed by atoms with Crippen molar-refractivity contribution >= 4 is 22.6 Å². The van der Waals surface area contributed by atoms with Gasteiger partial charge in [-0.25, -0.2) is 0 Å². The Balaban J connectivity index is 3.22. The summed E-state index contributed by atoms with van der Waals surface area (Å²) in [4.78, 5) is 11.4. The highest BCUT2D eigenvalue weighted by Gasteiger charge is 2.50. The van der Waals surface area contributed by atoms with Crippen LogP contribution in [0.15, 0.2) is 24.3 Å². The third kappa shape index (κ3) is 13.1. The molecule has 1 fully saturated rings. The highest BCUT2D eigenvalue weighted by atomic mass is 28.4. The average molecular weight is 625 g/mol. The third-order valence-electron chi connectivity index (χ3n) is 10.1. The lowest BCUT2D eigenvalue weighted by Crippen LogP contribution is -2.45. The highest BCUT2D eigenvalue weighted by molar-refractivity contribution is 6.74. The van der Waals surface area contributed by atoms with Crippen molar-refractivity contribution in [3.63, 3.8) is 0 Å². The number of aliphatic hydroxyl groups is 1. The van der Waals surface area contributed by atoms with Crippen LogP contribution in [-0.4, -0.2) is 53.1 Å². The molecule has 42 heavy (non-hydrogen) atoms. The molecular formula is C35H68O5Si2. The molecule has 0 unspecified atom stereocenters.